The van der Waals surface area contributed by atoms with E-state index in [1.807, 2.05) is 0 Å². The van der Waals surface area contributed by atoms with Crippen molar-refractivity contribution >= 4 is 27.5 Å². The molecule has 1 fully saturated rings. The second kappa shape index (κ2) is 9.57. The number of likely N-dealkylation sites (tertiary alicyclic amines) is 1. The molecule has 8 heteroatoms. The lowest BCUT2D eigenvalue weighted by Crippen LogP contribution is -2.47. The lowest BCUT2D eigenvalue weighted by atomic mass is 10.0. The molecule has 2 rings (SSSR count). The van der Waals surface area contributed by atoms with E-state index in [1.165, 1.54) is 22.5 Å². The maximum absolute atomic E-state index is 13.1. The quantitative estimate of drug-likeness (QED) is 0.667. The maximum Gasteiger partial charge on any atom is 0.255 e. The first-order chi connectivity index (χ1) is 13.1. The summed E-state index contributed by atoms with van der Waals surface area (Å²) in [6.45, 7) is 10.6. The van der Waals surface area contributed by atoms with Gasteiger partial charge in [-0.05, 0) is 44.9 Å². The number of benzene rings is 1. The highest BCUT2D eigenvalue weighted by atomic mass is 35.5. The summed E-state index contributed by atoms with van der Waals surface area (Å²) in [4.78, 5) is 17.3. The van der Waals surface area contributed by atoms with Crippen LogP contribution in [0.1, 0.15) is 50.9 Å². The largest absolute Gasteiger partial charge is 0.339 e. The molecule has 0 atom stereocenters. The average Bonchev–Trinajstić information content (AvgIpc) is 2.67. The van der Waals surface area contributed by atoms with Crippen LogP contribution < -0.4 is 0 Å². The van der Waals surface area contributed by atoms with Gasteiger partial charge in [0.05, 0.1) is 15.5 Å². The fraction of sp³-hybridized carbons (Fsp3) is 0.650. The van der Waals surface area contributed by atoms with Gasteiger partial charge in [0.2, 0.25) is 10.0 Å². The van der Waals surface area contributed by atoms with Crippen molar-refractivity contribution in [3.05, 3.63) is 28.8 Å². The number of hydrogen-bond donors (Lipinski definition) is 0. The van der Waals surface area contributed by atoms with Crippen molar-refractivity contribution in [3.8, 4) is 0 Å². The predicted molar refractivity (Wildman–Crippen MR) is 113 cm³/mol. The van der Waals surface area contributed by atoms with Crippen LogP contribution in [0.4, 0.5) is 0 Å². The van der Waals surface area contributed by atoms with Crippen LogP contribution in [0.15, 0.2) is 23.1 Å². The number of piperidine rings is 1. The summed E-state index contributed by atoms with van der Waals surface area (Å²) in [5, 5.41) is 0.273. The standard InChI is InChI=1S/C20H32ClN3O3S/c1-6-24(7-2)28(26,27)17-8-9-19(21)18(14-17)20(25)22(5)16-10-12-23(13-11-16)15(3)4/h8-9,14-16H,6-7,10-13H2,1-5H3. The van der Waals surface area contributed by atoms with Crippen molar-refractivity contribution in [1.82, 2.24) is 14.1 Å². The van der Waals surface area contributed by atoms with Crippen molar-refractivity contribution in [1.29, 1.82) is 0 Å². The van der Waals surface area contributed by atoms with Crippen molar-refractivity contribution in [3.63, 3.8) is 0 Å². The van der Waals surface area contributed by atoms with Crippen LogP contribution in [0.5, 0.6) is 0 Å². The first kappa shape index (κ1) is 23.1. The molecule has 158 valence electrons. The first-order valence-electron chi connectivity index (χ1n) is 9.94. The van der Waals surface area contributed by atoms with Gasteiger partial charge in [-0.2, -0.15) is 4.31 Å². The number of carbonyl (C=O) groups is 1. The van der Waals surface area contributed by atoms with E-state index in [2.05, 4.69) is 18.7 Å². The lowest BCUT2D eigenvalue weighted by Gasteiger charge is -2.38. The van der Waals surface area contributed by atoms with Crippen molar-refractivity contribution in [2.45, 2.75) is 57.5 Å². The Kier molecular flexibility index (Phi) is 7.90. The summed E-state index contributed by atoms with van der Waals surface area (Å²) < 4.78 is 27.0. The molecule has 1 aromatic rings. The molecule has 0 saturated carbocycles. The van der Waals surface area contributed by atoms with Crippen molar-refractivity contribution < 1.29 is 13.2 Å². The van der Waals surface area contributed by atoms with Gasteiger partial charge in [-0.25, -0.2) is 8.42 Å². The molecule has 1 saturated heterocycles. The minimum absolute atomic E-state index is 0.104. The molecule has 0 spiro atoms. The number of carbonyl (C=O) groups excluding carboxylic acids is 1. The van der Waals surface area contributed by atoms with Gasteiger partial charge in [0.1, 0.15) is 0 Å². The van der Waals surface area contributed by atoms with Gasteiger partial charge in [0.25, 0.3) is 5.91 Å². The lowest BCUT2D eigenvalue weighted by molar-refractivity contribution is 0.0615. The number of amides is 1. The van der Waals surface area contributed by atoms with E-state index < -0.39 is 10.0 Å². The Morgan fingerprint density at radius 2 is 1.79 bits per heavy atom. The molecular formula is C20H32ClN3O3S. The molecule has 1 aliphatic heterocycles. The highest BCUT2D eigenvalue weighted by Crippen LogP contribution is 2.26. The van der Waals surface area contributed by atoms with Crippen LogP contribution >= 0.6 is 11.6 Å². The van der Waals surface area contributed by atoms with Gasteiger partial charge in [-0.1, -0.05) is 25.4 Å². The first-order valence-corrected chi connectivity index (χ1v) is 11.8. The summed E-state index contributed by atoms with van der Waals surface area (Å²) in [5.74, 6) is -0.232. The zero-order valence-electron chi connectivity index (χ0n) is 17.5. The molecule has 0 N–H and O–H groups in total. The van der Waals surface area contributed by atoms with E-state index in [1.54, 1.807) is 25.8 Å². The molecule has 28 heavy (non-hydrogen) atoms. The number of halogens is 1. The molecule has 6 nitrogen and oxygen atoms in total. The molecule has 1 aromatic carbocycles. The van der Waals surface area contributed by atoms with Crippen LogP contribution in [-0.4, -0.2) is 73.7 Å². The monoisotopic (exact) mass is 429 g/mol. The van der Waals surface area contributed by atoms with Gasteiger partial charge in [-0.3, -0.25) is 4.79 Å². The molecule has 0 unspecified atom stereocenters. The molecule has 0 radical (unpaired) electrons. The highest BCUT2D eigenvalue weighted by Gasteiger charge is 2.29. The summed E-state index contributed by atoms with van der Waals surface area (Å²) in [6, 6.07) is 5.01. The van der Waals surface area contributed by atoms with E-state index in [9.17, 15) is 13.2 Å². The zero-order valence-corrected chi connectivity index (χ0v) is 19.1. The van der Waals surface area contributed by atoms with Crippen molar-refractivity contribution in [2.75, 3.05) is 33.2 Å². The summed E-state index contributed by atoms with van der Waals surface area (Å²) in [7, 11) is -1.87. The van der Waals surface area contributed by atoms with E-state index in [0.717, 1.165) is 25.9 Å². The number of hydrogen-bond acceptors (Lipinski definition) is 4. The van der Waals surface area contributed by atoms with Gasteiger partial charge in [0.15, 0.2) is 0 Å². The van der Waals surface area contributed by atoms with Crippen LogP contribution in [0.2, 0.25) is 5.02 Å². The number of sulfonamides is 1. The summed E-state index contributed by atoms with van der Waals surface area (Å²) in [5.41, 5.74) is 0.240. The Hall–Kier alpha value is -1.15. The third-order valence-corrected chi connectivity index (χ3v) is 7.98. The second-order valence-corrected chi connectivity index (χ2v) is 9.85. The fourth-order valence-corrected chi connectivity index (χ4v) is 5.37. The van der Waals surface area contributed by atoms with Crippen LogP contribution in [-0.2, 0) is 10.0 Å². The number of rotatable bonds is 7. The van der Waals surface area contributed by atoms with E-state index in [0.29, 0.717) is 19.1 Å². The normalized spacial score (nSPS) is 16.7. The Labute approximate surface area is 174 Å². The van der Waals surface area contributed by atoms with E-state index >= 15 is 0 Å². The molecule has 1 amide bonds. The SMILES string of the molecule is CCN(CC)S(=O)(=O)c1ccc(Cl)c(C(=O)N(C)C2CCN(C(C)C)CC2)c1. The Morgan fingerprint density at radius 1 is 1.21 bits per heavy atom. The molecular weight excluding hydrogens is 398 g/mol. The summed E-state index contributed by atoms with van der Waals surface area (Å²) >= 11 is 6.27. The van der Waals surface area contributed by atoms with Gasteiger partial charge < -0.3 is 9.80 Å². The van der Waals surface area contributed by atoms with Gasteiger partial charge in [0, 0.05) is 45.3 Å². The minimum atomic E-state index is -3.64. The molecule has 0 aromatic heterocycles. The molecule has 1 aliphatic rings. The predicted octanol–water partition coefficient (Wildman–Crippen LogP) is 3.32. The highest BCUT2D eigenvalue weighted by molar-refractivity contribution is 7.89. The third-order valence-electron chi connectivity index (χ3n) is 5.61. The third kappa shape index (κ3) is 4.87. The van der Waals surface area contributed by atoms with Crippen LogP contribution in [0, 0.1) is 0 Å². The Morgan fingerprint density at radius 3 is 2.29 bits per heavy atom. The second-order valence-electron chi connectivity index (χ2n) is 7.51. The van der Waals surface area contributed by atoms with Crippen LogP contribution in [0.25, 0.3) is 0 Å². The summed E-state index contributed by atoms with van der Waals surface area (Å²) in [6.07, 6.45) is 1.80. The van der Waals surface area contributed by atoms with E-state index in [4.69, 9.17) is 11.6 Å². The van der Waals surface area contributed by atoms with Crippen molar-refractivity contribution in [2.24, 2.45) is 0 Å². The average molecular weight is 430 g/mol. The topological polar surface area (TPSA) is 60.9 Å². The van der Waals surface area contributed by atoms with Gasteiger partial charge in [-0.15, -0.1) is 0 Å². The molecule has 0 bridgehead atoms. The van der Waals surface area contributed by atoms with Crippen LogP contribution in [0.3, 0.4) is 0 Å². The Bertz CT molecular complexity index is 786. The van der Waals surface area contributed by atoms with Gasteiger partial charge >= 0.3 is 0 Å². The maximum atomic E-state index is 13.1. The van der Waals surface area contributed by atoms with E-state index in [-0.39, 0.29) is 27.4 Å². The Balaban J connectivity index is 2.24. The zero-order chi connectivity index (χ0) is 21.1. The molecule has 0 aliphatic carbocycles. The smallest absolute Gasteiger partial charge is 0.255 e. The molecule has 1 heterocycles. The fourth-order valence-electron chi connectivity index (χ4n) is 3.69. The minimum Gasteiger partial charge on any atom is -0.339 e. The number of nitrogens with zero attached hydrogens (tertiary/aromatic N) is 3.